The minimum Gasteiger partial charge on any atom is -0.468 e. The third-order valence-electron chi connectivity index (χ3n) is 2.63. The zero-order chi connectivity index (χ0) is 12.8. The fourth-order valence-corrected chi connectivity index (χ4v) is 1.72. The van der Waals surface area contributed by atoms with Crippen LogP contribution in [0.3, 0.4) is 0 Å². The largest absolute Gasteiger partial charge is 0.468 e. The second kappa shape index (κ2) is 6.02. The summed E-state index contributed by atoms with van der Waals surface area (Å²) in [5, 5.41) is 3.12. The zero-order valence-electron chi connectivity index (χ0n) is 10.1. The van der Waals surface area contributed by atoms with E-state index in [9.17, 15) is 4.79 Å². The summed E-state index contributed by atoms with van der Waals surface area (Å²) in [5.41, 5.74) is 0.871. The van der Waals surface area contributed by atoms with Crippen molar-refractivity contribution >= 4 is 5.97 Å². The lowest BCUT2D eigenvalue weighted by Crippen LogP contribution is -2.29. The maximum absolute atomic E-state index is 11.8. The van der Waals surface area contributed by atoms with Crippen LogP contribution in [0.15, 0.2) is 53.1 Å². The molecule has 0 bridgehead atoms. The van der Waals surface area contributed by atoms with Crippen molar-refractivity contribution in [1.82, 2.24) is 5.32 Å². The molecule has 1 N–H and O–H groups in total. The van der Waals surface area contributed by atoms with Gasteiger partial charge in [-0.1, -0.05) is 30.3 Å². The molecule has 1 heterocycles. The van der Waals surface area contributed by atoms with E-state index >= 15 is 0 Å². The lowest BCUT2D eigenvalue weighted by Gasteiger charge is -2.16. The number of hydrogen-bond acceptors (Lipinski definition) is 4. The SMILES string of the molecule is COC(=O)C(NCc1ccco1)c1ccccc1. The van der Waals surface area contributed by atoms with Crippen molar-refractivity contribution in [2.24, 2.45) is 0 Å². The lowest BCUT2D eigenvalue weighted by atomic mass is 10.1. The molecule has 0 saturated heterocycles. The fraction of sp³-hybridized carbons (Fsp3) is 0.214. The van der Waals surface area contributed by atoms with Gasteiger partial charge in [0.15, 0.2) is 0 Å². The number of methoxy groups -OCH3 is 1. The smallest absolute Gasteiger partial charge is 0.327 e. The van der Waals surface area contributed by atoms with Crippen molar-refractivity contribution in [1.29, 1.82) is 0 Å². The number of nitrogens with one attached hydrogen (secondary N) is 1. The van der Waals surface area contributed by atoms with E-state index in [1.165, 1.54) is 7.11 Å². The Kier molecular flexibility index (Phi) is 4.15. The number of ether oxygens (including phenoxy) is 1. The van der Waals surface area contributed by atoms with Gasteiger partial charge in [0.2, 0.25) is 0 Å². The molecule has 0 saturated carbocycles. The monoisotopic (exact) mass is 245 g/mol. The maximum Gasteiger partial charge on any atom is 0.327 e. The van der Waals surface area contributed by atoms with Crippen LogP contribution >= 0.6 is 0 Å². The molecule has 0 radical (unpaired) electrons. The van der Waals surface area contributed by atoms with E-state index in [4.69, 9.17) is 9.15 Å². The van der Waals surface area contributed by atoms with Gasteiger partial charge in [0.05, 0.1) is 19.9 Å². The number of hydrogen-bond donors (Lipinski definition) is 1. The molecule has 2 aromatic rings. The van der Waals surface area contributed by atoms with E-state index in [0.717, 1.165) is 11.3 Å². The van der Waals surface area contributed by atoms with Gasteiger partial charge in [-0.05, 0) is 17.7 Å². The molecule has 0 fully saturated rings. The molecule has 94 valence electrons. The summed E-state index contributed by atoms with van der Waals surface area (Å²) in [6.07, 6.45) is 1.60. The predicted molar refractivity (Wildman–Crippen MR) is 66.7 cm³/mol. The molecule has 1 unspecified atom stereocenters. The van der Waals surface area contributed by atoms with Crippen LogP contribution in [0, 0.1) is 0 Å². The van der Waals surface area contributed by atoms with Gasteiger partial charge >= 0.3 is 5.97 Å². The third kappa shape index (κ3) is 2.99. The molecule has 0 amide bonds. The van der Waals surface area contributed by atoms with Crippen molar-refractivity contribution in [3.05, 3.63) is 60.1 Å². The standard InChI is InChI=1S/C14H15NO3/c1-17-14(16)13(11-6-3-2-4-7-11)15-10-12-8-5-9-18-12/h2-9,13,15H,10H2,1H3. The first kappa shape index (κ1) is 12.4. The van der Waals surface area contributed by atoms with Gasteiger partial charge in [-0.25, -0.2) is 4.79 Å². The zero-order valence-corrected chi connectivity index (χ0v) is 10.1. The highest BCUT2D eigenvalue weighted by Crippen LogP contribution is 2.15. The van der Waals surface area contributed by atoms with Gasteiger partial charge < -0.3 is 9.15 Å². The summed E-state index contributed by atoms with van der Waals surface area (Å²) in [6, 6.07) is 12.6. The summed E-state index contributed by atoms with van der Waals surface area (Å²) >= 11 is 0. The average Bonchev–Trinajstić information content (AvgIpc) is 2.93. The van der Waals surface area contributed by atoms with Gasteiger partial charge in [-0.15, -0.1) is 0 Å². The first-order valence-corrected chi connectivity index (χ1v) is 5.70. The van der Waals surface area contributed by atoms with Crippen LogP contribution < -0.4 is 5.32 Å². The normalized spacial score (nSPS) is 12.1. The van der Waals surface area contributed by atoms with E-state index in [0.29, 0.717) is 6.54 Å². The van der Waals surface area contributed by atoms with Crippen molar-refractivity contribution in [2.75, 3.05) is 7.11 Å². The molecule has 1 atom stereocenters. The Bertz CT molecular complexity index is 479. The number of furan rings is 1. The van der Waals surface area contributed by atoms with Crippen molar-refractivity contribution < 1.29 is 13.9 Å². The minimum atomic E-state index is -0.485. The highest BCUT2D eigenvalue weighted by molar-refractivity contribution is 5.77. The molecule has 1 aromatic heterocycles. The fourth-order valence-electron chi connectivity index (χ4n) is 1.72. The van der Waals surface area contributed by atoms with Crippen LogP contribution in [0.2, 0.25) is 0 Å². The summed E-state index contributed by atoms with van der Waals surface area (Å²) in [4.78, 5) is 11.8. The van der Waals surface area contributed by atoms with Crippen LogP contribution in [0.25, 0.3) is 0 Å². The predicted octanol–water partition coefficient (Wildman–Crippen LogP) is 2.28. The number of benzene rings is 1. The van der Waals surface area contributed by atoms with Crippen LogP contribution in [-0.2, 0) is 16.1 Å². The molecular formula is C14H15NO3. The Balaban J connectivity index is 2.09. The quantitative estimate of drug-likeness (QED) is 0.821. The number of carbonyl (C=O) groups excluding carboxylic acids is 1. The van der Waals surface area contributed by atoms with Crippen molar-refractivity contribution in [3.8, 4) is 0 Å². The first-order chi connectivity index (χ1) is 8.81. The van der Waals surface area contributed by atoms with Gasteiger partial charge in [-0.2, -0.15) is 0 Å². The van der Waals surface area contributed by atoms with Crippen LogP contribution in [-0.4, -0.2) is 13.1 Å². The van der Waals surface area contributed by atoms with E-state index < -0.39 is 6.04 Å². The van der Waals surface area contributed by atoms with Gasteiger partial charge in [0.25, 0.3) is 0 Å². The maximum atomic E-state index is 11.8. The first-order valence-electron chi connectivity index (χ1n) is 5.70. The number of esters is 1. The molecular weight excluding hydrogens is 230 g/mol. The molecule has 0 aliphatic rings. The topological polar surface area (TPSA) is 51.5 Å². The lowest BCUT2D eigenvalue weighted by molar-refractivity contribution is -0.143. The Hall–Kier alpha value is -2.07. The summed E-state index contributed by atoms with van der Waals surface area (Å²) in [6.45, 7) is 0.474. The minimum absolute atomic E-state index is 0.312. The Morgan fingerprint density at radius 1 is 1.28 bits per heavy atom. The number of carbonyl (C=O) groups is 1. The second-order valence-corrected chi connectivity index (χ2v) is 3.83. The van der Waals surface area contributed by atoms with E-state index in [-0.39, 0.29) is 5.97 Å². The molecule has 2 rings (SSSR count). The van der Waals surface area contributed by atoms with E-state index in [1.54, 1.807) is 6.26 Å². The highest BCUT2D eigenvalue weighted by Gasteiger charge is 2.20. The van der Waals surface area contributed by atoms with Crippen LogP contribution in [0.5, 0.6) is 0 Å². The summed E-state index contributed by atoms with van der Waals surface area (Å²) in [7, 11) is 1.38. The molecule has 18 heavy (non-hydrogen) atoms. The average molecular weight is 245 g/mol. The Morgan fingerprint density at radius 3 is 2.67 bits per heavy atom. The van der Waals surface area contributed by atoms with Crippen LogP contribution in [0.1, 0.15) is 17.4 Å². The molecule has 0 aliphatic heterocycles. The number of rotatable bonds is 5. The second-order valence-electron chi connectivity index (χ2n) is 3.83. The molecule has 4 heteroatoms. The molecule has 0 spiro atoms. The van der Waals surface area contributed by atoms with E-state index in [1.807, 2.05) is 42.5 Å². The van der Waals surface area contributed by atoms with Gasteiger partial charge in [-0.3, -0.25) is 5.32 Å². The summed E-state index contributed by atoms with van der Waals surface area (Å²) in [5.74, 6) is 0.465. The van der Waals surface area contributed by atoms with Crippen LogP contribution in [0.4, 0.5) is 0 Å². The highest BCUT2D eigenvalue weighted by atomic mass is 16.5. The summed E-state index contributed by atoms with van der Waals surface area (Å²) < 4.78 is 10.0. The Labute approximate surface area is 106 Å². The van der Waals surface area contributed by atoms with Gasteiger partial charge in [0.1, 0.15) is 11.8 Å². The van der Waals surface area contributed by atoms with Gasteiger partial charge in [0, 0.05) is 0 Å². The molecule has 1 aromatic carbocycles. The Morgan fingerprint density at radius 2 is 2.06 bits per heavy atom. The molecule has 4 nitrogen and oxygen atoms in total. The van der Waals surface area contributed by atoms with E-state index in [2.05, 4.69) is 5.32 Å². The molecule has 0 aliphatic carbocycles. The van der Waals surface area contributed by atoms with Crippen molar-refractivity contribution in [3.63, 3.8) is 0 Å². The van der Waals surface area contributed by atoms with Crippen molar-refractivity contribution in [2.45, 2.75) is 12.6 Å². The third-order valence-corrected chi connectivity index (χ3v) is 2.63.